The van der Waals surface area contributed by atoms with Gasteiger partial charge in [0.1, 0.15) is 5.88 Å². The zero-order valence-corrected chi connectivity index (χ0v) is 6.45. The van der Waals surface area contributed by atoms with E-state index < -0.39 is 18.0 Å². The van der Waals surface area contributed by atoms with Gasteiger partial charge in [0.05, 0.1) is 0 Å². The fourth-order valence-electron chi connectivity index (χ4n) is 0. The highest BCUT2D eigenvalue weighted by Crippen LogP contribution is 2.11. The molecule has 72 valence electrons. The van der Waals surface area contributed by atoms with Gasteiger partial charge in [-0.2, -0.15) is 13.2 Å². The van der Waals surface area contributed by atoms with Gasteiger partial charge in [-0.3, -0.25) is 9.59 Å². The second kappa shape index (κ2) is 5.64. The molecule has 0 aromatic heterocycles. The molecule has 0 radical (unpaired) electrons. The summed E-state index contributed by atoms with van der Waals surface area (Å²) in [5.74, 6) is -2.82. The molecule has 0 aromatic rings. The first-order valence-electron chi connectivity index (χ1n) is 2.42. The van der Waals surface area contributed by atoms with Crippen LogP contribution in [0.4, 0.5) is 13.2 Å². The van der Waals surface area contributed by atoms with Gasteiger partial charge in [-0.15, -0.1) is 11.6 Å². The molecule has 0 spiro atoms. The zero-order valence-electron chi connectivity index (χ0n) is 5.69. The molecule has 0 aliphatic heterocycles. The van der Waals surface area contributed by atoms with Crippen LogP contribution < -0.4 is 11.5 Å². The number of nitrogens with two attached hydrogens (primary N) is 2. The van der Waals surface area contributed by atoms with Crippen LogP contribution >= 0.6 is 11.6 Å². The Labute approximate surface area is 70.6 Å². The zero-order chi connectivity index (χ0) is 10.4. The van der Waals surface area contributed by atoms with Crippen LogP contribution in [0.5, 0.6) is 0 Å². The van der Waals surface area contributed by atoms with E-state index in [2.05, 4.69) is 11.5 Å². The molecular weight excluding hydrogens is 201 g/mol. The van der Waals surface area contributed by atoms with Crippen molar-refractivity contribution in [2.75, 3.05) is 5.88 Å². The molecule has 2 amide bonds. The monoisotopic (exact) mass is 206 g/mol. The smallest absolute Gasteiger partial charge is 0.369 e. The van der Waals surface area contributed by atoms with Gasteiger partial charge in [-0.05, 0) is 0 Å². The standard InChI is InChI=1S/C2H4ClNO.C2H2F3NO/c3-1-2(4)5;3-2(4,5)1(6)7/h1H2,(H2,4,5);(H2,6,7). The third-order valence-electron chi connectivity index (χ3n) is 0.411. The van der Waals surface area contributed by atoms with Gasteiger partial charge in [0.15, 0.2) is 0 Å². The number of alkyl halides is 4. The first kappa shape index (κ1) is 13.6. The van der Waals surface area contributed by atoms with Gasteiger partial charge in [0.25, 0.3) is 0 Å². The van der Waals surface area contributed by atoms with Crippen LogP contribution in [0.15, 0.2) is 0 Å². The maximum atomic E-state index is 10.7. The van der Waals surface area contributed by atoms with Crippen LogP contribution in [0.3, 0.4) is 0 Å². The Bertz CT molecular complexity index is 170. The van der Waals surface area contributed by atoms with E-state index in [9.17, 15) is 18.0 Å². The molecule has 0 aliphatic carbocycles. The summed E-state index contributed by atoms with van der Waals surface area (Å²) in [6, 6.07) is 0. The van der Waals surface area contributed by atoms with E-state index in [1.54, 1.807) is 0 Å². The second-order valence-corrected chi connectivity index (χ2v) is 1.73. The average Bonchev–Trinajstić information content (AvgIpc) is 1.87. The molecule has 0 saturated carbocycles. The molecule has 0 aromatic carbocycles. The first-order chi connectivity index (χ1) is 5.21. The van der Waals surface area contributed by atoms with Crippen molar-refractivity contribution < 1.29 is 22.8 Å². The number of carbonyl (C=O) groups is 2. The number of hydrogen-bond acceptors (Lipinski definition) is 2. The Kier molecular flexibility index (Phi) is 6.39. The number of halogens is 4. The minimum Gasteiger partial charge on any atom is -0.369 e. The SMILES string of the molecule is NC(=O)C(F)(F)F.NC(=O)CCl. The van der Waals surface area contributed by atoms with E-state index in [4.69, 9.17) is 16.4 Å². The van der Waals surface area contributed by atoms with E-state index in [-0.39, 0.29) is 5.88 Å². The lowest BCUT2D eigenvalue weighted by atomic mass is 10.6. The lowest BCUT2D eigenvalue weighted by molar-refractivity contribution is -0.169. The highest BCUT2D eigenvalue weighted by Gasteiger charge is 2.35. The minimum atomic E-state index is -4.86. The highest BCUT2D eigenvalue weighted by molar-refractivity contribution is 6.27. The minimum absolute atomic E-state index is 0.0833. The Morgan fingerprint density at radius 1 is 1.25 bits per heavy atom. The van der Waals surface area contributed by atoms with Gasteiger partial charge >= 0.3 is 12.1 Å². The average molecular weight is 207 g/mol. The summed E-state index contributed by atoms with van der Waals surface area (Å²) in [6.45, 7) is 0. The molecule has 0 heterocycles. The molecule has 4 N–H and O–H groups in total. The lowest BCUT2D eigenvalue weighted by Gasteiger charge is -1.95. The van der Waals surface area contributed by atoms with Gasteiger partial charge in [-0.1, -0.05) is 0 Å². The summed E-state index contributed by atoms with van der Waals surface area (Å²) >= 11 is 4.86. The van der Waals surface area contributed by atoms with Crippen molar-refractivity contribution in [2.24, 2.45) is 11.5 Å². The number of hydrogen-bond donors (Lipinski definition) is 2. The summed E-state index contributed by atoms with van der Waals surface area (Å²) in [5.41, 5.74) is 8.33. The Morgan fingerprint density at radius 2 is 1.42 bits per heavy atom. The molecule has 12 heavy (non-hydrogen) atoms. The van der Waals surface area contributed by atoms with Crippen molar-refractivity contribution in [1.82, 2.24) is 0 Å². The summed E-state index contributed by atoms with van der Waals surface area (Å²) in [4.78, 5) is 18.6. The molecule has 0 aliphatic rings. The number of amides is 2. The molecule has 4 nitrogen and oxygen atoms in total. The van der Waals surface area contributed by atoms with Crippen molar-refractivity contribution in [3.8, 4) is 0 Å². The van der Waals surface area contributed by atoms with Crippen LogP contribution in [-0.2, 0) is 9.59 Å². The molecule has 0 fully saturated rings. The molecule has 8 heteroatoms. The molecule has 0 rings (SSSR count). The van der Waals surface area contributed by atoms with Gasteiger partial charge in [-0.25, -0.2) is 0 Å². The first-order valence-corrected chi connectivity index (χ1v) is 2.96. The molecule has 0 bridgehead atoms. The van der Waals surface area contributed by atoms with Crippen LogP contribution in [-0.4, -0.2) is 23.9 Å². The third kappa shape index (κ3) is 11.8. The number of carbonyl (C=O) groups excluding carboxylic acids is 2. The van der Waals surface area contributed by atoms with E-state index in [1.165, 1.54) is 0 Å². The van der Waals surface area contributed by atoms with E-state index in [0.29, 0.717) is 0 Å². The van der Waals surface area contributed by atoms with E-state index in [1.807, 2.05) is 0 Å². The normalized spacial score (nSPS) is 9.67. The van der Waals surface area contributed by atoms with E-state index >= 15 is 0 Å². The quantitative estimate of drug-likeness (QED) is 0.580. The van der Waals surface area contributed by atoms with Gasteiger partial charge in [0.2, 0.25) is 5.91 Å². The topological polar surface area (TPSA) is 86.2 Å². The third-order valence-corrected chi connectivity index (χ3v) is 0.675. The Balaban J connectivity index is 0. The summed E-state index contributed by atoms with van der Waals surface area (Å²) in [7, 11) is 0. The summed E-state index contributed by atoms with van der Waals surface area (Å²) in [5, 5.41) is 0. The van der Waals surface area contributed by atoms with Crippen LogP contribution in [0.25, 0.3) is 0 Å². The Morgan fingerprint density at radius 3 is 1.42 bits per heavy atom. The maximum absolute atomic E-state index is 10.7. The molecule has 0 atom stereocenters. The van der Waals surface area contributed by atoms with Crippen molar-refractivity contribution in [3.05, 3.63) is 0 Å². The number of rotatable bonds is 1. The van der Waals surface area contributed by atoms with Crippen molar-refractivity contribution in [2.45, 2.75) is 6.18 Å². The summed E-state index contributed by atoms with van der Waals surface area (Å²) in [6.07, 6.45) is -4.86. The van der Waals surface area contributed by atoms with Gasteiger partial charge in [0, 0.05) is 0 Å². The van der Waals surface area contributed by atoms with Crippen LogP contribution in [0.2, 0.25) is 0 Å². The predicted molar refractivity (Wildman–Crippen MR) is 35.2 cm³/mol. The van der Waals surface area contributed by atoms with Crippen molar-refractivity contribution >= 4 is 23.4 Å². The fraction of sp³-hybridized carbons (Fsp3) is 0.500. The Hall–Kier alpha value is -0.980. The van der Waals surface area contributed by atoms with Gasteiger partial charge < -0.3 is 11.5 Å². The highest BCUT2D eigenvalue weighted by atomic mass is 35.5. The number of primary amides is 2. The fourth-order valence-corrected chi connectivity index (χ4v) is 0. The summed E-state index contributed by atoms with van der Waals surface area (Å²) < 4.78 is 32.1. The predicted octanol–water partition coefficient (Wildman–Crippen LogP) is -0.255. The van der Waals surface area contributed by atoms with Crippen LogP contribution in [0, 0.1) is 0 Å². The second-order valence-electron chi connectivity index (χ2n) is 1.46. The van der Waals surface area contributed by atoms with Crippen molar-refractivity contribution in [1.29, 1.82) is 0 Å². The van der Waals surface area contributed by atoms with Crippen molar-refractivity contribution in [3.63, 3.8) is 0 Å². The largest absolute Gasteiger partial charge is 0.470 e. The molecule has 0 unspecified atom stereocenters. The molecule has 0 saturated heterocycles. The maximum Gasteiger partial charge on any atom is 0.470 e. The van der Waals surface area contributed by atoms with Crippen LogP contribution in [0.1, 0.15) is 0 Å². The van der Waals surface area contributed by atoms with E-state index in [0.717, 1.165) is 0 Å². The lowest BCUT2D eigenvalue weighted by Crippen LogP contribution is -2.30. The molecular formula is C4H6ClF3N2O2.